The SMILES string of the molecule is COc1ccc([C@H]2C[C@@H]2COc2cc(NCc3ccnc(C)c3)c(=O)n(C)n2)nc1. The first-order chi connectivity index (χ1) is 14.5. The second-order valence-corrected chi connectivity index (χ2v) is 7.52. The van der Waals surface area contributed by atoms with Crippen LogP contribution in [0.3, 0.4) is 0 Å². The van der Waals surface area contributed by atoms with E-state index in [9.17, 15) is 4.79 Å². The molecule has 2 atom stereocenters. The maximum atomic E-state index is 12.4. The molecule has 3 aromatic heterocycles. The van der Waals surface area contributed by atoms with Gasteiger partial charge in [0.15, 0.2) is 0 Å². The van der Waals surface area contributed by atoms with E-state index in [1.807, 2.05) is 31.2 Å². The van der Waals surface area contributed by atoms with Crippen LogP contribution in [0.4, 0.5) is 5.69 Å². The highest BCUT2D eigenvalue weighted by molar-refractivity contribution is 5.44. The van der Waals surface area contributed by atoms with E-state index >= 15 is 0 Å². The van der Waals surface area contributed by atoms with Gasteiger partial charge in [0.05, 0.1) is 19.9 Å². The molecule has 1 aliphatic carbocycles. The third-order valence-corrected chi connectivity index (χ3v) is 5.23. The minimum Gasteiger partial charge on any atom is -0.495 e. The molecule has 0 radical (unpaired) electrons. The van der Waals surface area contributed by atoms with Gasteiger partial charge in [-0.1, -0.05) is 0 Å². The zero-order valence-corrected chi connectivity index (χ0v) is 17.3. The van der Waals surface area contributed by atoms with Crippen molar-refractivity contribution in [3.8, 4) is 11.6 Å². The lowest BCUT2D eigenvalue weighted by molar-refractivity contribution is 0.278. The van der Waals surface area contributed by atoms with Gasteiger partial charge in [-0.25, -0.2) is 4.68 Å². The number of anilines is 1. The smallest absolute Gasteiger partial charge is 0.290 e. The molecule has 0 spiro atoms. The summed E-state index contributed by atoms with van der Waals surface area (Å²) in [6.07, 6.45) is 4.52. The molecule has 30 heavy (non-hydrogen) atoms. The van der Waals surface area contributed by atoms with Gasteiger partial charge in [0.1, 0.15) is 11.4 Å². The molecule has 0 aliphatic heterocycles. The van der Waals surface area contributed by atoms with E-state index in [0.29, 0.717) is 36.6 Å². The molecule has 156 valence electrons. The van der Waals surface area contributed by atoms with Crippen molar-refractivity contribution in [2.24, 2.45) is 13.0 Å². The summed E-state index contributed by atoms with van der Waals surface area (Å²) in [6, 6.07) is 9.49. The van der Waals surface area contributed by atoms with E-state index in [-0.39, 0.29) is 5.56 Å². The zero-order valence-electron chi connectivity index (χ0n) is 17.3. The number of rotatable bonds is 8. The Morgan fingerprint density at radius 1 is 1.23 bits per heavy atom. The van der Waals surface area contributed by atoms with Crippen LogP contribution in [-0.4, -0.2) is 33.5 Å². The largest absolute Gasteiger partial charge is 0.495 e. The first-order valence-electron chi connectivity index (χ1n) is 9.90. The second-order valence-electron chi connectivity index (χ2n) is 7.52. The summed E-state index contributed by atoms with van der Waals surface area (Å²) in [7, 11) is 3.25. The molecule has 1 N–H and O–H groups in total. The molecule has 1 fully saturated rings. The average molecular weight is 407 g/mol. The van der Waals surface area contributed by atoms with Crippen LogP contribution in [-0.2, 0) is 13.6 Å². The molecule has 0 unspecified atom stereocenters. The number of ether oxygens (including phenoxy) is 2. The van der Waals surface area contributed by atoms with E-state index in [2.05, 4.69) is 20.4 Å². The molecule has 4 rings (SSSR count). The van der Waals surface area contributed by atoms with Gasteiger partial charge < -0.3 is 14.8 Å². The number of pyridine rings is 2. The summed E-state index contributed by atoms with van der Waals surface area (Å²) in [5.74, 6) is 1.96. The summed E-state index contributed by atoms with van der Waals surface area (Å²) in [5, 5.41) is 7.41. The highest BCUT2D eigenvalue weighted by Crippen LogP contribution is 2.46. The quantitative estimate of drug-likeness (QED) is 0.614. The molecule has 1 saturated carbocycles. The van der Waals surface area contributed by atoms with Gasteiger partial charge >= 0.3 is 0 Å². The van der Waals surface area contributed by atoms with Crippen LogP contribution in [0, 0.1) is 12.8 Å². The molecule has 0 bridgehead atoms. The van der Waals surface area contributed by atoms with Crippen molar-refractivity contribution in [2.75, 3.05) is 19.0 Å². The van der Waals surface area contributed by atoms with Crippen LogP contribution in [0.5, 0.6) is 11.6 Å². The molecule has 1 aliphatic rings. The normalized spacial score (nSPS) is 17.4. The number of aromatic nitrogens is 4. The van der Waals surface area contributed by atoms with Crippen LogP contribution >= 0.6 is 0 Å². The Bertz CT molecular complexity index is 1080. The Balaban J connectivity index is 1.37. The molecule has 8 heteroatoms. The minimum absolute atomic E-state index is 0.195. The standard InChI is InChI=1S/C22H25N5O3/c1-14-8-15(6-7-23-14)11-24-20-10-21(26-27(2)22(20)28)30-13-16-9-18(16)19-5-4-17(29-3)12-25-19/h4-8,10,12,16,18,24H,9,11,13H2,1-3H3/t16-,18+/m1/s1. The fourth-order valence-corrected chi connectivity index (χ4v) is 3.41. The van der Waals surface area contributed by atoms with Crippen LogP contribution in [0.25, 0.3) is 0 Å². The van der Waals surface area contributed by atoms with Crippen molar-refractivity contribution in [1.82, 2.24) is 19.7 Å². The second kappa shape index (κ2) is 8.52. The van der Waals surface area contributed by atoms with Crippen LogP contribution < -0.4 is 20.3 Å². The molecule has 0 saturated heterocycles. The number of hydrogen-bond donors (Lipinski definition) is 1. The fourth-order valence-electron chi connectivity index (χ4n) is 3.41. The van der Waals surface area contributed by atoms with Gasteiger partial charge in [0, 0.05) is 49.1 Å². The van der Waals surface area contributed by atoms with E-state index in [4.69, 9.17) is 9.47 Å². The van der Waals surface area contributed by atoms with Crippen LogP contribution in [0.1, 0.15) is 29.3 Å². The fraction of sp³-hybridized carbons (Fsp3) is 0.364. The Morgan fingerprint density at radius 3 is 2.83 bits per heavy atom. The Kier molecular flexibility index (Phi) is 5.65. The maximum absolute atomic E-state index is 12.4. The molecule has 0 aromatic carbocycles. The molecular weight excluding hydrogens is 382 g/mol. The molecule has 8 nitrogen and oxygen atoms in total. The van der Waals surface area contributed by atoms with E-state index in [1.165, 1.54) is 4.68 Å². The number of aryl methyl sites for hydroxylation is 2. The van der Waals surface area contributed by atoms with Crippen molar-refractivity contribution >= 4 is 5.69 Å². The minimum atomic E-state index is -0.195. The van der Waals surface area contributed by atoms with Gasteiger partial charge in [-0.05, 0) is 43.2 Å². The molecule has 3 heterocycles. The lowest BCUT2D eigenvalue weighted by Crippen LogP contribution is -2.24. The van der Waals surface area contributed by atoms with Gasteiger partial charge in [0.25, 0.3) is 5.56 Å². The first-order valence-corrected chi connectivity index (χ1v) is 9.90. The molecule has 3 aromatic rings. The number of nitrogens with zero attached hydrogens (tertiary/aromatic N) is 4. The predicted octanol–water partition coefficient (Wildman–Crippen LogP) is 2.68. The van der Waals surface area contributed by atoms with E-state index < -0.39 is 0 Å². The topological polar surface area (TPSA) is 91.2 Å². The van der Waals surface area contributed by atoms with Crippen molar-refractivity contribution in [1.29, 1.82) is 0 Å². The summed E-state index contributed by atoms with van der Waals surface area (Å²) < 4.78 is 12.4. The van der Waals surface area contributed by atoms with E-state index in [0.717, 1.165) is 29.1 Å². The highest BCUT2D eigenvalue weighted by atomic mass is 16.5. The average Bonchev–Trinajstić information content (AvgIpc) is 3.53. The highest BCUT2D eigenvalue weighted by Gasteiger charge is 2.40. The molecular formula is C22H25N5O3. The lowest BCUT2D eigenvalue weighted by Gasteiger charge is -2.11. The van der Waals surface area contributed by atoms with Gasteiger partial charge in [-0.15, -0.1) is 5.10 Å². The third-order valence-electron chi connectivity index (χ3n) is 5.23. The Labute approximate surface area is 174 Å². The Morgan fingerprint density at radius 2 is 2.10 bits per heavy atom. The third kappa shape index (κ3) is 4.59. The monoisotopic (exact) mass is 407 g/mol. The first kappa shape index (κ1) is 19.9. The number of hydrogen-bond acceptors (Lipinski definition) is 7. The Hall–Kier alpha value is -3.42. The lowest BCUT2D eigenvalue weighted by atomic mass is 10.2. The van der Waals surface area contributed by atoms with Gasteiger partial charge in [-0.3, -0.25) is 14.8 Å². The van der Waals surface area contributed by atoms with Crippen LogP contribution in [0.2, 0.25) is 0 Å². The maximum Gasteiger partial charge on any atom is 0.290 e. The predicted molar refractivity (Wildman–Crippen MR) is 113 cm³/mol. The summed E-state index contributed by atoms with van der Waals surface area (Å²) >= 11 is 0. The molecule has 0 amide bonds. The summed E-state index contributed by atoms with van der Waals surface area (Å²) in [4.78, 5) is 21.0. The van der Waals surface area contributed by atoms with Gasteiger partial charge in [0.2, 0.25) is 5.88 Å². The van der Waals surface area contributed by atoms with Crippen molar-refractivity contribution in [2.45, 2.75) is 25.8 Å². The summed E-state index contributed by atoms with van der Waals surface area (Å²) in [5.41, 5.74) is 3.30. The van der Waals surface area contributed by atoms with Crippen molar-refractivity contribution < 1.29 is 9.47 Å². The summed E-state index contributed by atoms with van der Waals surface area (Å²) in [6.45, 7) is 3.00. The van der Waals surface area contributed by atoms with Gasteiger partial charge in [-0.2, -0.15) is 0 Å². The number of nitrogens with one attached hydrogen (secondary N) is 1. The number of methoxy groups -OCH3 is 1. The van der Waals surface area contributed by atoms with Crippen molar-refractivity contribution in [3.63, 3.8) is 0 Å². The van der Waals surface area contributed by atoms with E-state index in [1.54, 1.807) is 32.6 Å². The van der Waals surface area contributed by atoms with Crippen LogP contribution in [0.15, 0.2) is 47.5 Å². The van der Waals surface area contributed by atoms with Crippen molar-refractivity contribution in [3.05, 3.63) is 70.0 Å². The zero-order chi connectivity index (χ0) is 21.1.